The van der Waals surface area contributed by atoms with Crippen LogP contribution in [0.2, 0.25) is 0 Å². The van der Waals surface area contributed by atoms with Crippen molar-refractivity contribution in [3.8, 4) is 11.5 Å². The molecule has 0 aliphatic rings. The van der Waals surface area contributed by atoms with Crippen molar-refractivity contribution >= 4 is 21.6 Å². The first-order valence-corrected chi connectivity index (χ1v) is 12.0. The fourth-order valence-corrected chi connectivity index (χ4v) is 3.95. The molecule has 0 aliphatic carbocycles. The molecule has 0 saturated heterocycles. The number of halogens is 1. The van der Waals surface area contributed by atoms with E-state index < -0.39 is 15.8 Å². The molecule has 0 spiro atoms. The highest BCUT2D eigenvalue weighted by atomic mass is 32.2. The Morgan fingerprint density at radius 3 is 2.27 bits per heavy atom. The van der Waals surface area contributed by atoms with Crippen LogP contribution in [-0.4, -0.2) is 40.8 Å². The van der Waals surface area contributed by atoms with Crippen LogP contribution >= 0.6 is 0 Å². The maximum absolute atomic E-state index is 13.6. The van der Waals surface area contributed by atoms with E-state index in [1.54, 1.807) is 55.6 Å². The number of nitrogens with zero attached hydrogens (tertiary/aromatic N) is 1. The van der Waals surface area contributed by atoms with Crippen molar-refractivity contribution in [2.75, 3.05) is 30.8 Å². The third-order valence-corrected chi connectivity index (χ3v) is 5.90. The summed E-state index contributed by atoms with van der Waals surface area (Å²) in [5.74, 6) is 0.604. The largest absolute Gasteiger partial charge is 0.497 e. The molecule has 0 aliphatic heterocycles. The van der Waals surface area contributed by atoms with Gasteiger partial charge in [0, 0.05) is 5.56 Å². The summed E-state index contributed by atoms with van der Waals surface area (Å²) in [7, 11) is -2.05. The Morgan fingerprint density at radius 2 is 1.67 bits per heavy atom. The van der Waals surface area contributed by atoms with Gasteiger partial charge < -0.3 is 14.8 Å². The number of rotatable bonds is 10. The Balaban J connectivity index is 1.55. The monoisotopic (exact) mass is 472 g/mol. The summed E-state index contributed by atoms with van der Waals surface area (Å²) in [6, 6.07) is 19.1. The molecule has 0 heterocycles. The second-order valence-electron chi connectivity index (χ2n) is 7.23. The number of anilines is 1. The highest BCUT2D eigenvalue weighted by Gasteiger charge is 2.18. The summed E-state index contributed by atoms with van der Waals surface area (Å²) in [6.45, 7) is 0.626. The van der Waals surface area contributed by atoms with Crippen LogP contribution in [0.3, 0.4) is 0 Å². The standard InChI is InChI=1S/C24H25FN2O5S/c1-31-22-10-12-23(13-11-22)32-15-14-26-24(28)19-8-6-18(7-9-19)17-27(33(2,29)30)21-5-3-4-20(25)16-21/h3-13,16H,14-15,17H2,1-2H3,(H,26,28). The van der Waals surface area contributed by atoms with Crippen LogP contribution in [0, 0.1) is 5.82 Å². The van der Waals surface area contributed by atoms with Crippen molar-refractivity contribution in [3.63, 3.8) is 0 Å². The summed E-state index contributed by atoms with van der Waals surface area (Å²) in [4.78, 5) is 12.4. The van der Waals surface area contributed by atoms with E-state index in [1.807, 2.05) is 0 Å². The zero-order valence-corrected chi connectivity index (χ0v) is 19.1. The van der Waals surface area contributed by atoms with Gasteiger partial charge in [0.25, 0.3) is 5.91 Å². The number of hydrogen-bond acceptors (Lipinski definition) is 5. The van der Waals surface area contributed by atoms with E-state index in [9.17, 15) is 17.6 Å². The first kappa shape index (κ1) is 24.1. The van der Waals surface area contributed by atoms with Gasteiger partial charge in [0.15, 0.2) is 0 Å². The third kappa shape index (κ3) is 6.95. The molecule has 0 radical (unpaired) electrons. The van der Waals surface area contributed by atoms with E-state index in [0.29, 0.717) is 30.0 Å². The van der Waals surface area contributed by atoms with Crippen molar-refractivity contribution in [1.29, 1.82) is 0 Å². The van der Waals surface area contributed by atoms with Crippen molar-refractivity contribution in [2.24, 2.45) is 0 Å². The van der Waals surface area contributed by atoms with Crippen LogP contribution in [0.4, 0.5) is 10.1 Å². The van der Waals surface area contributed by atoms with Gasteiger partial charge >= 0.3 is 0 Å². The van der Waals surface area contributed by atoms with Crippen molar-refractivity contribution < 1.29 is 27.1 Å². The maximum Gasteiger partial charge on any atom is 0.251 e. The molecule has 7 nitrogen and oxygen atoms in total. The van der Waals surface area contributed by atoms with Crippen LogP contribution < -0.4 is 19.1 Å². The molecule has 0 atom stereocenters. The number of carbonyl (C=O) groups excluding carboxylic acids is 1. The number of carbonyl (C=O) groups is 1. The van der Waals surface area contributed by atoms with Gasteiger partial charge in [-0.1, -0.05) is 18.2 Å². The smallest absolute Gasteiger partial charge is 0.251 e. The van der Waals surface area contributed by atoms with E-state index in [2.05, 4.69) is 5.32 Å². The molecule has 1 amide bonds. The van der Waals surface area contributed by atoms with E-state index in [-0.39, 0.29) is 18.1 Å². The Bertz CT molecular complexity index is 1180. The van der Waals surface area contributed by atoms with Gasteiger partial charge in [0.05, 0.1) is 32.1 Å². The Morgan fingerprint density at radius 1 is 1.00 bits per heavy atom. The normalized spacial score (nSPS) is 11.0. The predicted octanol–water partition coefficient (Wildman–Crippen LogP) is 3.61. The van der Waals surface area contributed by atoms with Gasteiger partial charge in [-0.2, -0.15) is 0 Å². The molecule has 3 rings (SSSR count). The highest BCUT2D eigenvalue weighted by Crippen LogP contribution is 2.22. The lowest BCUT2D eigenvalue weighted by molar-refractivity contribution is 0.0947. The van der Waals surface area contributed by atoms with Crippen molar-refractivity contribution in [2.45, 2.75) is 6.54 Å². The SMILES string of the molecule is COc1ccc(OCCNC(=O)c2ccc(CN(c3cccc(F)c3)S(C)(=O)=O)cc2)cc1. The summed E-state index contributed by atoms with van der Waals surface area (Å²) < 4.78 is 49.8. The van der Waals surface area contributed by atoms with E-state index >= 15 is 0 Å². The molecule has 0 fully saturated rings. The first-order valence-electron chi connectivity index (χ1n) is 10.1. The quantitative estimate of drug-likeness (QED) is 0.456. The summed E-state index contributed by atoms with van der Waals surface area (Å²) in [5.41, 5.74) is 1.32. The molecular weight excluding hydrogens is 447 g/mol. The lowest BCUT2D eigenvalue weighted by atomic mass is 10.1. The highest BCUT2D eigenvalue weighted by molar-refractivity contribution is 7.92. The van der Waals surface area contributed by atoms with Crippen LogP contribution in [0.25, 0.3) is 0 Å². The molecule has 0 saturated carbocycles. The number of methoxy groups -OCH3 is 1. The van der Waals surface area contributed by atoms with Gasteiger partial charge in [0.2, 0.25) is 10.0 Å². The third-order valence-electron chi connectivity index (χ3n) is 4.75. The zero-order chi connectivity index (χ0) is 23.8. The Hall–Kier alpha value is -3.59. The number of nitrogens with one attached hydrogen (secondary N) is 1. The molecule has 0 bridgehead atoms. The second-order valence-corrected chi connectivity index (χ2v) is 9.13. The molecule has 3 aromatic rings. The van der Waals surface area contributed by atoms with Crippen LogP contribution in [0.5, 0.6) is 11.5 Å². The average molecular weight is 473 g/mol. The van der Waals surface area contributed by atoms with Gasteiger partial charge in [-0.3, -0.25) is 9.10 Å². The molecule has 0 unspecified atom stereocenters. The fraction of sp³-hybridized carbons (Fsp3) is 0.208. The summed E-state index contributed by atoms with van der Waals surface area (Å²) in [6.07, 6.45) is 1.06. The van der Waals surface area contributed by atoms with Crippen molar-refractivity contribution in [3.05, 3.63) is 89.7 Å². The van der Waals surface area contributed by atoms with Gasteiger partial charge in [-0.05, 0) is 60.2 Å². The number of amides is 1. The molecule has 1 N–H and O–H groups in total. The predicted molar refractivity (Wildman–Crippen MR) is 125 cm³/mol. The molecule has 9 heteroatoms. The minimum atomic E-state index is -3.63. The maximum atomic E-state index is 13.6. The average Bonchev–Trinajstić information content (AvgIpc) is 2.80. The molecule has 33 heavy (non-hydrogen) atoms. The van der Waals surface area contributed by atoms with E-state index in [1.165, 1.54) is 18.2 Å². The van der Waals surface area contributed by atoms with Crippen LogP contribution in [0.15, 0.2) is 72.8 Å². The van der Waals surface area contributed by atoms with Gasteiger partial charge in [-0.25, -0.2) is 12.8 Å². The first-order chi connectivity index (χ1) is 15.8. The van der Waals surface area contributed by atoms with Gasteiger partial charge in [0.1, 0.15) is 23.9 Å². The zero-order valence-electron chi connectivity index (χ0n) is 18.3. The molecular formula is C24H25FN2O5S. The molecule has 174 valence electrons. The van der Waals surface area contributed by atoms with Crippen LogP contribution in [0.1, 0.15) is 15.9 Å². The molecule has 0 aromatic heterocycles. The fourth-order valence-electron chi connectivity index (χ4n) is 3.07. The number of hydrogen-bond donors (Lipinski definition) is 1. The lowest BCUT2D eigenvalue weighted by Crippen LogP contribution is -2.29. The second kappa shape index (κ2) is 10.8. The van der Waals surface area contributed by atoms with E-state index in [0.717, 1.165) is 22.4 Å². The topological polar surface area (TPSA) is 84.9 Å². The van der Waals surface area contributed by atoms with Crippen molar-refractivity contribution in [1.82, 2.24) is 5.32 Å². The lowest BCUT2D eigenvalue weighted by Gasteiger charge is -2.22. The molecule has 3 aromatic carbocycles. The number of ether oxygens (including phenoxy) is 2. The minimum Gasteiger partial charge on any atom is -0.497 e. The summed E-state index contributed by atoms with van der Waals surface area (Å²) in [5, 5.41) is 2.77. The van der Waals surface area contributed by atoms with E-state index in [4.69, 9.17) is 9.47 Å². The Labute approximate surface area is 192 Å². The Kier molecular flexibility index (Phi) is 7.89. The number of sulfonamides is 1. The summed E-state index contributed by atoms with van der Waals surface area (Å²) >= 11 is 0. The minimum absolute atomic E-state index is 0.0138. The van der Waals surface area contributed by atoms with Crippen LogP contribution in [-0.2, 0) is 16.6 Å². The van der Waals surface area contributed by atoms with Gasteiger partial charge in [-0.15, -0.1) is 0 Å². The number of benzene rings is 3.